The van der Waals surface area contributed by atoms with E-state index in [-0.39, 0.29) is 0 Å². The number of esters is 1. The topological polar surface area (TPSA) is 90.6 Å². The van der Waals surface area contributed by atoms with Gasteiger partial charge in [0.1, 0.15) is 6.10 Å². The Bertz CT molecular complexity index is 407. The Balaban J connectivity index is 2.84. The number of carbonyl (C=O) groups is 1. The second-order valence-electron chi connectivity index (χ2n) is 3.15. The molecule has 1 aromatic carbocycles. The lowest BCUT2D eigenvalue weighted by Gasteiger charge is -2.15. The quantitative estimate of drug-likeness (QED) is 0.708. The summed E-state index contributed by atoms with van der Waals surface area (Å²) in [5, 5.41) is 27.6. The molecule has 2 unspecified atom stereocenters. The molecule has 84 valence electrons. The summed E-state index contributed by atoms with van der Waals surface area (Å²) in [4.78, 5) is 11.0. The van der Waals surface area contributed by atoms with E-state index >= 15 is 0 Å². The molecule has 0 spiro atoms. The number of rotatable bonds is 3. The number of nitriles is 1. The molecule has 5 heteroatoms. The Kier molecular flexibility index (Phi) is 4.00. The van der Waals surface area contributed by atoms with E-state index < -0.39 is 18.2 Å². The van der Waals surface area contributed by atoms with Gasteiger partial charge in [-0.15, -0.1) is 0 Å². The largest absolute Gasteiger partial charge is 0.467 e. The van der Waals surface area contributed by atoms with Gasteiger partial charge >= 0.3 is 5.97 Å². The number of aliphatic hydroxyl groups excluding tert-OH is 2. The van der Waals surface area contributed by atoms with Crippen LogP contribution in [-0.4, -0.2) is 29.4 Å². The molecule has 0 radical (unpaired) electrons. The van der Waals surface area contributed by atoms with Crippen LogP contribution < -0.4 is 0 Å². The van der Waals surface area contributed by atoms with Gasteiger partial charge in [-0.3, -0.25) is 0 Å². The highest BCUT2D eigenvalue weighted by molar-refractivity contribution is 5.75. The van der Waals surface area contributed by atoms with Crippen molar-refractivity contribution in [3.8, 4) is 6.07 Å². The summed E-state index contributed by atoms with van der Waals surface area (Å²) < 4.78 is 4.30. The van der Waals surface area contributed by atoms with Crippen molar-refractivity contribution < 1.29 is 19.7 Å². The molecule has 0 fully saturated rings. The van der Waals surface area contributed by atoms with Crippen LogP contribution in [-0.2, 0) is 9.53 Å². The van der Waals surface area contributed by atoms with E-state index in [2.05, 4.69) is 4.74 Å². The zero-order valence-electron chi connectivity index (χ0n) is 8.62. The van der Waals surface area contributed by atoms with E-state index in [0.29, 0.717) is 11.1 Å². The average Bonchev–Trinajstić information content (AvgIpc) is 2.36. The Morgan fingerprint density at radius 2 is 1.94 bits per heavy atom. The Hall–Kier alpha value is -1.90. The van der Waals surface area contributed by atoms with Gasteiger partial charge in [0.05, 0.1) is 18.7 Å². The van der Waals surface area contributed by atoms with Gasteiger partial charge in [0.25, 0.3) is 0 Å². The lowest BCUT2D eigenvalue weighted by Crippen LogP contribution is -2.28. The predicted octanol–water partition coefficient (Wildman–Crippen LogP) is 0.126. The summed E-state index contributed by atoms with van der Waals surface area (Å²) >= 11 is 0. The lowest BCUT2D eigenvalue weighted by atomic mass is 10.0. The monoisotopic (exact) mass is 221 g/mol. The zero-order chi connectivity index (χ0) is 12.1. The fraction of sp³-hybridized carbons (Fsp3) is 0.273. The molecule has 5 nitrogen and oxygen atoms in total. The fourth-order valence-corrected chi connectivity index (χ4v) is 1.19. The van der Waals surface area contributed by atoms with E-state index in [4.69, 9.17) is 5.26 Å². The van der Waals surface area contributed by atoms with Crippen LogP contribution in [0.25, 0.3) is 0 Å². The first-order chi connectivity index (χ1) is 7.60. The van der Waals surface area contributed by atoms with Crippen molar-refractivity contribution >= 4 is 5.97 Å². The average molecular weight is 221 g/mol. The summed E-state index contributed by atoms with van der Waals surface area (Å²) in [6.45, 7) is 0. The minimum absolute atomic E-state index is 0.344. The lowest BCUT2D eigenvalue weighted by molar-refractivity contribution is -0.156. The number of carbonyl (C=O) groups excluding carboxylic acids is 1. The van der Waals surface area contributed by atoms with Gasteiger partial charge < -0.3 is 14.9 Å². The maximum Gasteiger partial charge on any atom is 0.337 e. The summed E-state index contributed by atoms with van der Waals surface area (Å²) in [5.74, 6) is -0.906. The molecule has 0 saturated carbocycles. The summed E-state index contributed by atoms with van der Waals surface area (Å²) in [6, 6.07) is 7.83. The van der Waals surface area contributed by atoms with E-state index in [1.165, 1.54) is 24.3 Å². The first-order valence-corrected chi connectivity index (χ1v) is 4.54. The van der Waals surface area contributed by atoms with Crippen molar-refractivity contribution in [1.29, 1.82) is 5.26 Å². The number of hydrogen-bond acceptors (Lipinski definition) is 5. The molecule has 0 aliphatic heterocycles. The minimum atomic E-state index is -1.63. The maximum atomic E-state index is 11.0. The molecule has 0 bridgehead atoms. The highest BCUT2D eigenvalue weighted by atomic mass is 16.5. The van der Waals surface area contributed by atoms with Gasteiger partial charge in [0.15, 0.2) is 6.10 Å². The molecule has 1 aromatic rings. The van der Waals surface area contributed by atoms with Crippen LogP contribution in [0.3, 0.4) is 0 Å². The van der Waals surface area contributed by atoms with Crippen molar-refractivity contribution in [3.05, 3.63) is 35.4 Å². The first kappa shape index (κ1) is 12.2. The third-order valence-corrected chi connectivity index (χ3v) is 2.12. The summed E-state index contributed by atoms with van der Waals surface area (Å²) in [5.41, 5.74) is 0.778. The molecule has 0 aromatic heterocycles. The molecule has 2 N–H and O–H groups in total. The SMILES string of the molecule is COC(=O)C(O)C(O)c1ccc(C#N)cc1. The zero-order valence-corrected chi connectivity index (χ0v) is 8.62. The van der Waals surface area contributed by atoms with Gasteiger partial charge in [0.2, 0.25) is 0 Å². The van der Waals surface area contributed by atoms with Crippen LogP contribution in [0.4, 0.5) is 0 Å². The molecule has 1 rings (SSSR count). The number of hydrogen-bond donors (Lipinski definition) is 2. The highest BCUT2D eigenvalue weighted by Gasteiger charge is 2.26. The number of benzene rings is 1. The third-order valence-electron chi connectivity index (χ3n) is 2.12. The van der Waals surface area contributed by atoms with E-state index in [0.717, 1.165) is 7.11 Å². The third kappa shape index (κ3) is 2.57. The Labute approximate surface area is 92.5 Å². The molecule has 2 atom stereocenters. The Morgan fingerprint density at radius 1 is 1.38 bits per heavy atom. The number of nitrogens with zero attached hydrogens (tertiary/aromatic N) is 1. The van der Waals surface area contributed by atoms with Crippen molar-refractivity contribution in [2.45, 2.75) is 12.2 Å². The molecule has 16 heavy (non-hydrogen) atoms. The van der Waals surface area contributed by atoms with Crippen molar-refractivity contribution in [3.63, 3.8) is 0 Å². The van der Waals surface area contributed by atoms with Crippen LogP contribution >= 0.6 is 0 Å². The van der Waals surface area contributed by atoms with E-state index in [9.17, 15) is 15.0 Å². The van der Waals surface area contributed by atoms with Gasteiger partial charge in [-0.2, -0.15) is 5.26 Å². The number of methoxy groups -OCH3 is 1. The summed E-state index contributed by atoms with van der Waals surface area (Å²) in [7, 11) is 1.12. The fourth-order valence-electron chi connectivity index (χ4n) is 1.19. The van der Waals surface area contributed by atoms with Gasteiger partial charge in [0, 0.05) is 0 Å². The van der Waals surface area contributed by atoms with Crippen LogP contribution in [0.2, 0.25) is 0 Å². The van der Waals surface area contributed by atoms with E-state index in [1.807, 2.05) is 6.07 Å². The second kappa shape index (κ2) is 5.26. The molecular formula is C11H11NO4. The van der Waals surface area contributed by atoms with Crippen LogP contribution in [0.1, 0.15) is 17.2 Å². The molecule has 0 aliphatic rings. The van der Waals surface area contributed by atoms with Crippen LogP contribution in [0.15, 0.2) is 24.3 Å². The Morgan fingerprint density at radius 3 is 2.38 bits per heavy atom. The standard InChI is InChI=1S/C11H11NO4/c1-16-11(15)10(14)9(13)8-4-2-7(6-12)3-5-8/h2-5,9-10,13-14H,1H3. The molecular weight excluding hydrogens is 210 g/mol. The van der Waals surface area contributed by atoms with E-state index in [1.54, 1.807) is 0 Å². The second-order valence-corrected chi connectivity index (χ2v) is 3.15. The van der Waals surface area contributed by atoms with Gasteiger partial charge in [-0.05, 0) is 17.7 Å². The highest BCUT2D eigenvalue weighted by Crippen LogP contribution is 2.18. The smallest absolute Gasteiger partial charge is 0.337 e. The van der Waals surface area contributed by atoms with Crippen molar-refractivity contribution in [2.75, 3.05) is 7.11 Å². The molecule has 0 amide bonds. The van der Waals surface area contributed by atoms with Crippen LogP contribution in [0, 0.1) is 11.3 Å². The normalized spacial score (nSPS) is 13.6. The number of ether oxygens (including phenoxy) is 1. The number of aliphatic hydroxyl groups is 2. The van der Waals surface area contributed by atoms with Crippen molar-refractivity contribution in [1.82, 2.24) is 0 Å². The molecule has 0 aliphatic carbocycles. The van der Waals surface area contributed by atoms with Crippen LogP contribution in [0.5, 0.6) is 0 Å². The summed E-state index contributed by atoms with van der Waals surface area (Å²) in [6.07, 6.45) is -2.99. The first-order valence-electron chi connectivity index (χ1n) is 4.54. The maximum absolute atomic E-state index is 11.0. The van der Waals surface area contributed by atoms with Crippen molar-refractivity contribution in [2.24, 2.45) is 0 Å². The molecule has 0 saturated heterocycles. The molecule has 0 heterocycles. The van der Waals surface area contributed by atoms with Gasteiger partial charge in [-0.25, -0.2) is 4.79 Å². The predicted molar refractivity (Wildman–Crippen MR) is 54.1 cm³/mol. The minimum Gasteiger partial charge on any atom is -0.467 e. The van der Waals surface area contributed by atoms with Gasteiger partial charge in [-0.1, -0.05) is 12.1 Å².